The van der Waals surface area contributed by atoms with Crippen LogP contribution in [0.25, 0.3) is 0 Å². The molecule has 2 rings (SSSR count). The van der Waals surface area contributed by atoms with E-state index in [-0.39, 0.29) is 17.5 Å². The van der Waals surface area contributed by atoms with Gasteiger partial charge in [0.1, 0.15) is 6.20 Å². The number of rotatable bonds is 3. The fourth-order valence-corrected chi connectivity index (χ4v) is 2.70. The lowest BCUT2D eigenvalue weighted by atomic mass is 10.4. The molecule has 0 unspecified atom stereocenters. The maximum Gasteiger partial charge on any atom is 0.329 e. The highest BCUT2D eigenvalue weighted by atomic mass is 32.2. The Kier molecular flexibility index (Phi) is 3.67. The van der Waals surface area contributed by atoms with Crippen LogP contribution >= 0.6 is 0 Å². The molecule has 0 radical (unpaired) electrons. The zero-order valence-corrected chi connectivity index (χ0v) is 10.2. The summed E-state index contributed by atoms with van der Waals surface area (Å²) < 4.78 is 11.3. The van der Waals surface area contributed by atoms with Gasteiger partial charge in [0.2, 0.25) is 11.8 Å². The van der Waals surface area contributed by atoms with Crippen LogP contribution in [0.1, 0.15) is 0 Å². The van der Waals surface area contributed by atoms with E-state index in [0.29, 0.717) is 24.6 Å². The van der Waals surface area contributed by atoms with Crippen LogP contribution in [-0.4, -0.2) is 43.7 Å². The van der Waals surface area contributed by atoms with Gasteiger partial charge in [-0.1, -0.05) is 0 Å². The summed E-state index contributed by atoms with van der Waals surface area (Å²) in [5, 5.41) is 10.9. The lowest BCUT2D eigenvalue weighted by Gasteiger charge is -2.26. The lowest BCUT2D eigenvalue weighted by Crippen LogP contribution is -2.38. The van der Waals surface area contributed by atoms with Crippen molar-refractivity contribution in [3.63, 3.8) is 0 Å². The third kappa shape index (κ3) is 2.54. The third-order valence-electron chi connectivity index (χ3n) is 2.55. The van der Waals surface area contributed by atoms with Crippen molar-refractivity contribution in [2.75, 3.05) is 34.9 Å². The van der Waals surface area contributed by atoms with E-state index in [9.17, 15) is 14.3 Å². The predicted molar refractivity (Wildman–Crippen MR) is 66.6 cm³/mol. The predicted octanol–water partition coefficient (Wildman–Crippen LogP) is -0.761. The first kappa shape index (κ1) is 12.6. The fourth-order valence-electron chi connectivity index (χ4n) is 1.65. The molecule has 0 spiro atoms. The van der Waals surface area contributed by atoms with Gasteiger partial charge < -0.3 is 4.90 Å². The van der Waals surface area contributed by atoms with Crippen LogP contribution in [0.4, 0.5) is 17.5 Å². The molecule has 2 heterocycles. The van der Waals surface area contributed by atoms with E-state index in [1.165, 1.54) is 0 Å². The molecule has 18 heavy (non-hydrogen) atoms. The van der Waals surface area contributed by atoms with E-state index in [2.05, 4.69) is 15.4 Å². The summed E-state index contributed by atoms with van der Waals surface area (Å²) in [4.78, 5) is 19.8. The molecule has 1 aromatic heterocycles. The van der Waals surface area contributed by atoms with Gasteiger partial charge in [0, 0.05) is 35.4 Å². The van der Waals surface area contributed by atoms with Crippen LogP contribution < -0.4 is 16.2 Å². The number of hydrogen-bond acceptors (Lipinski definition) is 8. The summed E-state index contributed by atoms with van der Waals surface area (Å²) in [5.41, 5.74) is 2.07. The van der Waals surface area contributed by atoms with Gasteiger partial charge in [0.25, 0.3) is 0 Å². The van der Waals surface area contributed by atoms with E-state index >= 15 is 0 Å². The number of hydrogen-bond donors (Lipinski definition) is 2. The standard InChI is InChI=1S/C8H12N6O3S/c9-12-8-10-5-6(14(15)16)7(11-8)13-1-3-18(17)4-2-13/h5H,1-4,9H2,(H,10,11,12). The average Bonchev–Trinajstić information content (AvgIpc) is 2.38. The average molecular weight is 272 g/mol. The molecule has 0 aliphatic carbocycles. The molecule has 1 aliphatic rings. The van der Waals surface area contributed by atoms with Crippen molar-refractivity contribution in [2.45, 2.75) is 0 Å². The molecule has 0 atom stereocenters. The number of nitrogen functional groups attached to an aromatic ring is 1. The minimum absolute atomic E-state index is 0.113. The molecule has 1 aromatic rings. The van der Waals surface area contributed by atoms with Crippen molar-refractivity contribution in [3.05, 3.63) is 16.3 Å². The van der Waals surface area contributed by atoms with Crippen molar-refractivity contribution in [2.24, 2.45) is 5.84 Å². The van der Waals surface area contributed by atoms with Gasteiger partial charge in [-0.25, -0.2) is 10.8 Å². The topological polar surface area (TPSA) is 127 Å². The van der Waals surface area contributed by atoms with Gasteiger partial charge in [-0.15, -0.1) is 0 Å². The van der Waals surface area contributed by atoms with Crippen LogP contribution in [0.15, 0.2) is 6.20 Å². The lowest BCUT2D eigenvalue weighted by molar-refractivity contribution is -0.384. The zero-order chi connectivity index (χ0) is 13.1. The van der Waals surface area contributed by atoms with Crippen LogP contribution in [0, 0.1) is 10.1 Å². The Balaban J connectivity index is 2.34. The summed E-state index contributed by atoms with van der Waals surface area (Å²) in [7, 11) is -0.854. The molecular formula is C8H12N6O3S. The smallest absolute Gasteiger partial charge is 0.329 e. The highest BCUT2D eigenvalue weighted by Gasteiger charge is 2.25. The maximum absolute atomic E-state index is 11.3. The number of nitrogens with two attached hydrogens (primary N) is 1. The molecule has 0 aromatic carbocycles. The Morgan fingerprint density at radius 3 is 2.72 bits per heavy atom. The van der Waals surface area contributed by atoms with Crippen molar-refractivity contribution >= 4 is 28.3 Å². The van der Waals surface area contributed by atoms with Crippen molar-refractivity contribution in [1.29, 1.82) is 0 Å². The number of hydrazine groups is 1. The largest absolute Gasteiger partial charge is 0.349 e. The summed E-state index contributed by atoms with van der Waals surface area (Å²) >= 11 is 0. The van der Waals surface area contributed by atoms with Gasteiger partial charge >= 0.3 is 5.69 Å². The Hall–Kier alpha value is -1.81. The van der Waals surface area contributed by atoms with Gasteiger partial charge in [0.05, 0.1) is 4.92 Å². The normalized spacial score (nSPS) is 16.6. The zero-order valence-electron chi connectivity index (χ0n) is 9.40. The van der Waals surface area contributed by atoms with Crippen LogP contribution in [0.3, 0.4) is 0 Å². The van der Waals surface area contributed by atoms with E-state index in [0.717, 1.165) is 6.20 Å². The Labute approximate surface area is 105 Å². The molecule has 9 nitrogen and oxygen atoms in total. The summed E-state index contributed by atoms with van der Waals surface area (Å²) in [5.74, 6) is 6.46. The summed E-state index contributed by atoms with van der Waals surface area (Å²) in [6, 6.07) is 0. The second-order valence-corrected chi connectivity index (χ2v) is 5.34. The first-order valence-corrected chi connectivity index (χ1v) is 6.68. The van der Waals surface area contributed by atoms with E-state index in [4.69, 9.17) is 5.84 Å². The van der Waals surface area contributed by atoms with E-state index in [1.807, 2.05) is 0 Å². The molecule has 1 fully saturated rings. The second-order valence-electron chi connectivity index (χ2n) is 3.64. The van der Waals surface area contributed by atoms with Gasteiger partial charge in [0.15, 0.2) is 0 Å². The van der Waals surface area contributed by atoms with Crippen molar-refractivity contribution < 1.29 is 9.13 Å². The molecule has 1 saturated heterocycles. The number of nitrogens with one attached hydrogen (secondary N) is 1. The number of anilines is 2. The highest BCUT2D eigenvalue weighted by Crippen LogP contribution is 2.26. The van der Waals surface area contributed by atoms with Gasteiger partial charge in [-0.3, -0.25) is 19.7 Å². The highest BCUT2D eigenvalue weighted by molar-refractivity contribution is 7.85. The molecule has 0 saturated carbocycles. The SMILES string of the molecule is NNc1ncc([N+](=O)[O-])c(N2CCS(=O)CC2)n1. The molecule has 0 amide bonds. The summed E-state index contributed by atoms with van der Waals surface area (Å²) in [6.07, 6.45) is 1.11. The van der Waals surface area contributed by atoms with Gasteiger partial charge in [-0.2, -0.15) is 4.98 Å². The van der Waals surface area contributed by atoms with Crippen molar-refractivity contribution in [1.82, 2.24) is 9.97 Å². The first-order chi connectivity index (χ1) is 8.61. The Bertz CT molecular complexity index is 486. The minimum Gasteiger partial charge on any atom is -0.349 e. The Morgan fingerprint density at radius 2 is 2.17 bits per heavy atom. The van der Waals surface area contributed by atoms with Crippen molar-refractivity contribution in [3.8, 4) is 0 Å². The summed E-state index contributed by atoms with van der Waals surface area (Å²) in [6.45, 7) is 0.933. The fraction of sp³-hybridized carbons (Fsp3) is 0.500. The minimum atomic E-state index is -0.854. The van der Waals surface area contributed by atoms with Crippen LogP contribution in [0.5, 0.6) is 0 Å². The monoisotopic (exact) mass is 272 g/mol. The molecule has 3 N–H and O–H groups in total. The molecular weight excluding hydrogens is 260 g/mol. The number of nitro groups is 1. The van der Waals surface area contributed by atoms with E-state index in [1.54, 1.807) is 4.90 Å². The number of nitrogens with zero attached hydrogens (tertiary/aromatic N) is 4. The Morgan fingerprint density at radius 1 is 1.50 bits per heavy atom. The van der Waals surface area contributed by atoms with Crippen LogP contribution in [-0.2, 0) is 10.8 Å². The first-order valence-electron chi connectivity index (χ1n) is 5.20. The molecule has 0 bridgehead atoms. The third-order valence-corrected chi connectivity index (χ3v) is 3.83. The maximum atomic E-state index is 11.3. The molecule has 1 aliphatic heterocycles. The van der Waals surface area contributed by atoms with E-state index < -0.39 is 15.7 Å². The molecule has 98 valence electrons. The second kappa shape index (κ2) is 5.23. The number of aromatic nitrogens is 2. The van der Waals surface area contributed by atoms with Gasteiger partial charge in [-0.05, 0) is 0 Å². The quantitative estimate of drug-likeness (QED) is 0.417. The molecule has 10 heteroatoms. The van der Waals surface area contributed by atoms with Crippen LogP contribution in [0.2, 0.25) is 0 Å².